The number of aliphatic hydroxyl groups excluding tert-OH is 1. The Morgan fingerprint density at radius 3 is 2.31 bits per heavy atom. The molecular weight excluding hydrogens is 188 g/mol. The van der Waals surface area contributed by atoms with Crippen molar-refractivity contribution in [1.82, 2.24) is 0 Å². The van der Waals surface area contributed by atoms with Crippen LogP contribution in [0.25, 0.3) is 0 Å². The van der Waals surface area contributed by atoms with Gasteiger partial charge in [-0.2, -0.15) is 0 Å². The summed E-state index contributed by atoms with van der Waals surface area (Å²) in [5.41, 5.74) is 1.95. The largest absolute Gasteiger partial charge is 0.380 e. The van der Waals surface area contributed by atoms with Gasteiger partial charge in [-0.1, -0.05) is 6.07 Å². The highest BCUT2D eigenvalue weighted by Crippen LogP contribution is 2.15. The van der Waals surface area contributed by atoms with E-state index in [1.807, 2.05) is 13.8 Å². The maximum Gasteiger partial charge on any atom is 0.202 e. The van der Waals surface area contributed by atoms with Crippen LogP contribution in [0.3, 0.4) is 0 Å². The lowest BCUT2D eigenvalue weighted by atomic mass is 10.1. The van der Waals surface area contributed by atoms with Gasteiger partial charge in [-0.15, -0.1) is 0 Å². The molecule has 0 aliphatic heterocycles. The molecule has 0 aliphatic rings. The molecule has 0 fully saturated rings. The maximum absolute atomic E-state index is 11.2. The summed E-state index contributed by atoms with van der Waals surface area (Å²) >= 11 is 0. The lowest BCUT2D eigenvalue weighted by Crippen LogP contribution is -2.06. The molecule has 0 spiro atoms. The van der Waals surface area contributed by atoms with Gasteiger partial charge in [-0.25, -0.2) is 8.42 Å². The average molecular weight is 200 g/mol. The third-order valence-electron chi connectivity index (χ3n) is 2.01. The highest BCUT2D eigenvalue weighted by Gasteiger charge is 2.12. The predicted molar refractivity (Wildman–Crippen MR) is 50.2 cm³/mol. The minimum atomic E-state index is -3.48. The van der Waals surface area contributed by atoms with Crippen molar-refractivity contribution in [3.8, 4) is 0 Å². The first kappa shape index (κ1) is 10.2. The number of aliphatic hydroxyl groups is 1. The Bertz CT molecular complexity index is 407. The second-order valence-corrected chi connectivity index (χ2v) is 4.95. The molecule has 0 aliphatic carbocycles. The van der Waals surface area contributed by atoms with Crippen molar-refractivity contribution in [2.75, 3.05) is 5.94 Å². The van der Waals surface area contributed by atoms with Crippen LogP contribution in [0, 0.1) is 13.8 Å². The van der Waals surface area contributed by atoms with E-state index in [1.165, 1.54) is 6.07 Å². The van der Waals surface area contributed by atoms with Crippen molar-refractivity contribution < 1.29 is 13.5 Å². The molecule has 0 saturated carbocycles. The molecule has 1 rings (SSSR count). The van der Waals surface area contributed by atoms with Gasteiger partial charge in [0, 0.05) is 0 Å². The zero-order valence-corrected chi connectivity index (χ0v) is 8.43. The number of benzene rings is 1. The van der Waals surface area contributed by atoms with E-state index in [0.717, 1.165) is 11.1 Å². The molecule has 0 saturated heterocycles. The predicted octanol–water partition coefficient (Wildman–Crippen LogP) is 1.03. The van der Waals surface area contributed by atoms with E-state index in [9.17, 15) is 8.42 Å². The van der Waals surface area contributed by atoms with Crippen LogP contribution in [-0.2, 0) is 9.84 Å². The third-order valence-corrected chi connectivity index (χ3v) is 3.32. The molecule has 0 bridgehead atoms. The Kier molecular flexibility index (Phi) is 2.73. The quantitative estimate of drug-likeness (QED) is 0.775. The summed E-state index contributed by atoms with van der Waals surface area (Å²) in [7, 11) is -3.48. The lowest BCUT2D eigenvalue weighted by molar-refractivity contribution is 0.358. The Labute approximate surface area is 77.9 Å². The van der Waals surface area contributed by atoms with E-state index in [-0.39, 0.29) is 4.90 Å². The van der Waals surface area contributed by atoms with E-state index in [1.54, 1.807) is 12.1 Å². The molecular formula is C9H12O3S. The van der Waals surface area contributed by atoms with Gasteiger partial charge in [0.1, 0.15) is 5.94 Å². The lowest BCUT2D eigenvalue weighted by Gasteiger charge is -2.03. The molecule has 0 amide bonds. The van der Waals surface area contributed by atoms with Crippen LogP contribution in [0.2, 0.25) is 0 Å². The van der Waals surface area contributed by atoms with Crippen LogP contribution in [0.15, 0.2) is 23.1 Å². The van der Waals surface area contributed by atoms with Crippen molar-refractivity contribution in [3.63, 3.8) is 0 Å². The van der Waals surface area contributed by atoms with Crippen LogP contribution in [-0.4, -0.2) is 19.5 Å². The van der Waals surface area contributed by atoms with Gasteiger partial charge < -0.3 is 5.11 Å². The Morgan fingerprint density at radius 1 is 1.23 bits per heavy atom. The maximum atomic E-state index is 11.2. The SMILES string of the molecule is Cc1ccc(S(=O)(=O)CO)cc1C. The highest BCUT2D eigenvalue weighted by atomic mass is 32.2. The van der Waals surface area contributed by atoms with Gasteiger partial charge in [-0.3, -0.25) is 0 Å². The van der Waals surface area contributed by atoms with Crippen LogP contribution < -0.4 is 0 Å². The van der Waals surface area contributed by atoms with E-state index < -0.39 is 15.8 Å². The first-order chi connectivity index (χ1) is 5.97. The first-order valence-corrected chi connectivity index (χ1v) is 5.53. The van der Waals surface area contributed by atoms with E-state index in [4.69, 9.17) is 5.11 Å². The highest BCUT2D eigenvalue weighted by molar-refractivity contribution is 7.91. The Hall–Kier alpha value is -0.870. The molecule has 0 radical (unpaired) electrons. The zero-order valence-electron chi connectivity index (χ0n) is 7.61. The molecule has 3 nitrogen and oxygen atoms in total. The van der Waals surface area contributed by atoms with Crippen molar-refractivity contribution >= 4 is 9.84 Å². The monoisotopic (exact) mass is 200 g/mol. The fraction of sp³-hybridized carbons (Fsp3) is 0.333. The minimum Gasteiger partial charge on any atom is -0.380 e. The number of sulfone groups is 1. The topological polar surface area (TPSA) is 54.4 Å². The number of aryl methyl sites for hydroxylation is 2. The Balaban J connectivity index is 3.27. The van der Waals surface area contributed by atoms with E-state index >= 15 is 0 Å². The van der Waals surface area contributed by atoms with Crippen LogP contribution in [0.4, 0.5) is 0 Å². The van der Waals surface area contributed by atoms with Gasteiger partial charge in [0.2, 0.25) is 9.84 Å². The summed E-state index contributed by atoms with van der Waals surface area (Å²) < 4.78 is 22.4. The normalized spacial score (nSPS) is 11.6. The fourth-order valence-corrected chi connectivity index (χ4v) is 1.76. The van der Waals surface area contributed by atoms with Crippen LogP contribution in [0.1, 0.15) is 11.1 Å². The standard InChI is InChI=1S/C9H12O3S/c1-7-3-4-9(5-8(7)2)13(11,12)6-10/h3-5,10H,6H2,1-2H3. The van der Waals surface area contributed by atoms with Crippen LogP contribution in [0.5, 0.6) is 0 Å². The second kappa shape index (κ2) is 3.47. The fourth-order valence-electron chi connectivity index (χ4n) is 0.982. The van der Waals surface area contributed by atoms with Gasteiger partial charge in [0.25, 0.3) is 0 Å². The minimum absolute atomic E-state index is 0.179. The molecule has 0 atom stereocenters. The number of hydrogen-bond acceptors (Lipinski definition) is 3. The molecule has 1 aromatic rings. The van der Waals surface area contributed by atoms with Gasteiger partial charge in [0.15, 0.2) is 0 Å². The molecule has 4 heteroatoms. The molecule has 0 unspecified atom stereocenters. The zero-order chi connectivity index (χ0) is 10.1. The first-order valence-electron chi connectivity index (χ1n) is 3.88. The van der Waals surface area contributed by atoms with E-state index in [0.29, 0.717) is 0 Å². The summed E-state index contributed by atoms with van der Waals surface area (Å²) in [6.07, 6.45) is 0. The van der Waals surface area contributed by atoms with Gasteiger partial charge >= 0.3 is 0 Å². The van der Waals surface area contributed by atoms with Gasteiger partial charge in [0.05, 0.1) is 4.90 Å². The molecule has 1 N–H and O–H groups in total. The summed E-state index contributed by atoms with van der Waals surface area (Å²) in [5, 5.41) is 8.62. The molecule has 0 heterocycles. The third kappa shape index (κ3) is 2.08. The van der Waals surface area contributed by atoms with Gasteiger partial charge in [-0.05, 0) is 37.1 Å². The molecule has 72 valence electrons. The summed E-state index contributed by atoms with van der Waals surface area (Å²) in [4.78, 5) is 0.179. The number of hydrogen-bond donors (Lipinski definition) is 1. The molecule has 1 aromatic carbocycles. The second-order valence-electron chi connectivity index (χ2n) is 2.99. The van der Waals surface area contributed by atoms with Crippen molar-refractivity contribution in [1.29, 1.82) is 0 Å². The Morgan fingerprint density at radius 2 is 1.85 bits per heavy atom. The van der Waals surface area contributed by atoms with Crippen LogP contribution >= 0.6 is 0 Å². The van der Waals surface area contributed by atoms with Crippen molar-refractivity contribution in [2.45, 2.75) is 18.7 Å². The van der Waals surface area contributed by atoms with Crippen molar-refractivity contribution in [3.05, 3.63) is 29.3 Å². The average Bonchev–Trinajstić information content (AvgIpc) is 2.09. The number of rotatable bonds is 2. The molecule has 0 aromatic heterocycles. The van der Waals surface area contributed by atoms with E-state index in [2.05, 4.69) is 0 Å². The summed E-state index contributed by atoms with van der Waals surface area (Å²) in [6.45, 7) is 3.75. The summed E-state index contributed by atoms with van der Waals surface area (Å²) in [5.74, 6) is -0.838. The molecule has 13 heavy (non-hydrogen) atoms. The van der Waals surface area contributed by atoms with Crippen molar-refractivity contribution in [2.24, 2.45) is 0 Å². The smallest absolute Gasteiger partial charge is 0.202 e. The summed E-state index contributed by atoms with van der Waals surface area (Å²) in [6, 6.07) is 4.81.